The zero-order valence-electron chi connectivity index (χ0n) is 14.6. The number of pyridine rings is 1. The number of carbonyl (C=O) groups is 1. The van der Waals surface area contributed by atoms with Gasteiger partial charge in [-0.15, -0.1) is 0 Å². The lowest BCUT2D eigenvalue weighted by Crippen LogP contribution is -2.59. The third-order valence-electron chi connectivity index (χ3n) is 5.95. The van der Waals surface area contributed by atoms with Gasteiger partial charge in [-0.25, -0.2) is 4.98 Å². The summed E-state index contributed by atoms with van der Waals surface area (Å²) in [6.07, 6.45) is 4.67. The first kappa shape index (κ1) is 17.7. The van der Waals surface area contributed by atoms with Crippen molar-refractivity contribution in [1.29, 1.82) is 0 Å². The van der Waals surface area contributed by atoms with E-state index in [2.05, 4.69) is 20.9 Å². The Hall–Kier alpha value is -1.72. The number of aromatic nitrogens is 1. The molecule has 2 fully saturated rings. The Bertz CT molecular complexity index is 798. The maximum Gasteiger partial charge on any atom is 0.272 e. The molecular weight excluding hydrogens is 392 g/mol. The summed E-state index contributed by atoms with van der Waals surface area (Å²) >= 11 is 3.35. The van der Waals surface area contributed by atoms with Crippen LogP contribution in [0.1, 0.15) is 48.2 Å². The van der Waals surface area contributed by atoms with Crippen LogP contribution in [0.3, 0.4) is 0 Å². The second kappa shape index (κ2) is 7.12. The number of aliphatic hydroxyl groups is 1. The Morgan fingerprint density at radius 3 is 2.65 bits per heavy atom. The van der Waals surface area contributed by atoms with Crippen LogP contribution in [0, 0.1) is 5.92 Å². The van der Waals surface area contributed by atoms with Crippen molar-refractivity contribution in [1.82, 2.24) is 9.88 Å². The molecule has 1 saturated carbocycles. The Morgan fingerprint density at radius 2 is 1.88 bits per heavy atom. The summed E-state index contributed by atoms with van der Waals surface area (Å²) in [6, 6.07) is 15.5. The lowest BCUT2D eigenvalue weighted by molar-refractivity contribution is -0.110. The molecule has 26 heavy (non-hydrogen) atoms. The third kappa shape index (κ3) is 3.08. The summed E-state index contributed by atoms with van der Waals surface area (Å²) in [5, 5.41) is 11.6. The van der Waals surface area contributed by atoms with E-state index < -0.39 is 5.60 Å². The van der Waals surface area contributed by atoms with E-state index in [0.29, 0.717) is 23.3 Å². The molecule has 1 saturated heterocycles. The normalized spacial score (nSPS) is 28.5. The number of carbonyl (C=O) groups excluding carboxylic acids is 1. The molecule has 4 nitrogen and oxygen atoms in total. The van der Waals surface area contributed by atoms with Crippen molar-refractivity contribution in [2.75, 3.05) is 6.54 Å². The molecule has 4 rings (SSSR count). The highest BCUT2D eigenvalue weighted by Gasteiger charge is 2.50. The first-order chi connectivity index (χ1) is 12.6. The van der Waals surface area contributed by atoms with E-state index in [1.54, 1.807) is 6.07 Å². The molecule has 5 heteroatoms. The van der Waals surface area contributed by atoms with Gasteiger partial charge in [0.15, 0.2) is 0 Å². The van der Waals surface area contributed by atoms with Crippen LogP contribution < -0.4 is 0 Å². The SMILES string of the molecule is O=C(c1cccc(Br)n1)N1CCC(O)(c2ccccc2)C2CCCCC21. The number of halogens is 1. The monoisotopic (exact) mass is 414 g/mol. The first-order valence-corrected chi connectivity index (χ1v) is 10.1. The molecule has 0 bridgehead atoms. The molecule has 1 aliphatic carbocycles. The van der Waals surface area contributed by atoms with Crippen LogP contribution in [0.2, 0.25) is 0 Å². The van der Waals surface area contributed by atoms with Crippen molar-refractivity contribution < 1.29 is 9.90 Å². The molecule has 3 atom stereocenters. The average Bonchev–Trinajstić information content (AvgIpc) is 2.69. The number of likely N-dealkylation sites (tertiary alicyclic amines) is 1. The van der Waals surface area contributed by atoms with Crippen molar-refractivity contribution in [3.05, 3.63) is 64.4 Å². The summed E-state index contributed by atoms with van der Waals surface area (Å²) in [5.74, 6) is 0.0433. The number of amides is 1. The molecule has 1 aliphatic heterocycles. The molecule has 136 valence electrons. The maximum absolute atomic E-state index is 13.1. The van der Waals surface area contributed by atoms with Gasteiger partial charge in [-0.3, -0.25) is 4.79 Å². The predicted molar refractivity (Wildman–Crippen MR) is 104 cm³/mol. The minimum absolute atomic E-state index is 0.0293. The molecule has 3 unspecified atom stereocenters. The number of hydrogen-bond donors (Lipinski definition) is 1. The van der Waals surface area contributed by atoms with E-state index in [4.69, 9.17) is 0 Å². The second-order valence-electron chi connectivity index (χ2n) is 7.34. The first-order valence-electron chi connectivity index (χ1n) is 9.31. The number of nitrogens with zero attached hydrogens (tertiary/aromatic N) is 2. The quantitative estimate of drug-likeness (QED) is 0.751. The molecule has 0 radical (unpaired) electrons. The Morgan fingerprint density at radius 1 is 1.12 bits per heavy atom. The van der Waals surface area contributed by atoms with Crippen LogP contribution in [-0.2, 0) is 5.60 Å². The van der Waals surface area contributed by atoms with E-state index in [1.807, 2.05) is 47.4 Å². The van der Waals surface area contributed by atoms with Crippen molar-refractivity contribution in [3.8, 4) is 0 Å². The molecule has 0 spiro atoms. The zero-order valence-corrected chi connectivity index (χ0v) is 16.2. The highest BCUT2D eigenvalue weighted by molar-refractivity contribution is 9.10. The lowest BCUT2D eigenvalue weighted by atomic mass is 9.66. The minimum Gasteiger partial charge on any atom is -0.385 e. The molecule has 1 N–H and O–H groups in total. The summed E-state index contributed by atoms with van der Waals surface area (Å²) < 4.78 is 0.668. The second-order valence-corrected chi connectivity index (χ2v) is 8.16. The molecule has 1 aromatic heterocycles. The van der Waals surface area contributed by atoms with E-state index in [9.17, 15) is 9.90 Å². The fourth-order valence-electron chi connectivity index (χ4n) is 4.70. The van der Waals surface area contributed by atoms with Crippen LogP contribution in [-0.4, -0.2) is 33.5 Å². The summed E-state index contributed by atoms with van der Waals surface area (Å²) in [7, 11) is 0. The maximum atomic E-state index is 13.1. The Balaban J connectivity index is 1.66. The largest absolute Gasteiger partial charge is 0.385 e. The van der Waals surface area contributed by atoms with Gasteiger partial charge in [0, 0.05) is 18.5 Å². The number of rotatable bonds is 2. The van der Waals surface area contributed by atoms with Crippen molar-refractivity contribution >= 4 is 21.8 Å². The average molecular weight is 415 g/mol. The van der Waals surface area contributed by atoms with E-state index in [-0.39, 0.29) is 17.9 Å². The number of piperidine rings is 1. The lowest BCUT2D eigenvalue weighted by Gasteiger charge is -2.52. The zero-order chi connectivity index (χ0) is 18.1. The highest BCUT2D eigenvalue weighted by atomic mass is 79.9. The molecule has 1 amide bonds. The van der Waals surface area contributed by atoms with Gasteiger partial charge in [0.1, 0.15) is 10.3 Å². The Labute approximate surface area is 162 Å². The van der Waals surface area contributed by atoms with Crippen LogP contribution >= 0.6 is 15.9 Å². The van der Waals surface area contributed by atoms with Crippen LogP contribution in [0.5, 0.6) is 0 Å². The molecule has 2 aliphatic rings. The minimum atomic E-state index is -0.853. The number of fused-ring (bicyclic) bond motifs is 1. The van der Waals surface area contributed by atoms with Crippen molar-refractivity contribution in [2.24, 2.45) is 5.92 Å². The topological polar surface area (TPSA) is 53.4 Å². The van der Waals surface area contributed by atoms with Gasteiger partial charge in [0.25, 0.3) is 5.91 Å². The van der Waals surface area contributed by atoms with Crippen molar-refractivity contribution in [3.63, 3.8) is 0 Å². The van der Waals surface area contributed by atoms with Gasteiger partial charge in [0.2, 0.25) is 0 Å². The summed E-state index contributed by atoms with van der Waals surface area (Å²) in [4.78, 5) is 19.4. The third-order valence-corrected chi connectivity index (χ3v) is 6.39. The number of benzene rings is 1. The van der Waals surface area contributed by atoms with E-state index >= 15 is 0 Å². The smallest absolute Gasteiger partial charge is 0.272 e. The van der Waals surface area contributed by atoms with E-state index in [0.717, 1.165) is 31.2 Å². The fourth-order valence-corrected chi connectivity index (χ4v) is 5.04. The van der Waals surface area contributed by atoms with Gasteiger partial charge >= 0.3 is 0 Å². The van der Waals surface area contributed by atoms with Gasteiger partial charge in [0.05, 0.1) is 5.60 Å². The van der Waals surface area contributed by atoms with Crippen LogP contribution in [0.4, 0.5) is 0 Å². The van der Waals surface area contributed by atoms with Gasteiger partial charge in [-0.1, -0.05) is 49.2 Å². The van der Waals surface area contributed by atoms with Gasteiger partial charge in [-0.2, -0.15) is 0 Å². The summed E-state index contributed by atoms with van der Waals surface area (Å²) in [6.45, 7) is 0.555. The van der Waals surface area contributed by atoms with Gasteiger partial charge < -0.3 is 10.0 Å². The van der Waals surface area contributed by atoms with Crippen LogP contribution in [0.15, 0.2) is 53.1 Å². The fraction of sp³-hybridized carbons (Fsp3) is 0.429. The molecular formula is C21H23BrN2O2. The van der Waals surface area contributed by atoms with Crippen molar-refractivity contribution in [2.45, 2.75) is 43.7 Å². The van der Waals surface area contributed by atoms with Gasteiger partial charge in [-0.05, 0) is 52.9 Å². The number of hydrogen-bond acceptors (Lipinski definition) is 3. The van der Waals surface area contributed by atoms with E-state index in [1.165, 1.54) is 0 Å². The standard InChI is InChI=1S/C21H23BrN2O2/c22-19-12-6-10-17(23-19)20(25)24-14-13-21(26,15-7-2-1-3-8-15)16-9-4-5-11-18(16)24/h1-3,6-8,10,12,16,18,26H,4-5,9,11,13-14H2. The molecule has 2 heterocycles. The molecule has 2 aromatic rings. The summed E-state index contributed by atoms with van der Waals surface area (Å²) in [5.41, 5.74) is 0.590. The Kier molecular flexibility index (Phi) is 4.84. The van der Waals surface area contributed by atoms with Crippen LogP contribution in [0.25, 0.3) is 0 Å². The molecule has 1 aromatic carbocycles. The predicted octanol–water partition coefficient (Wildman–Crippen LogP) is 4.14. The highest BCUT2D eigenvalue weighted by Crippen LogP contribution is 2.47.